The Hall–Kier alpha value is -3.74. The molecule has 0 bridgehead atoms. The van der Waals surface area contributed by atoms with Crippen LogP contribution in [-0.4, -0.2) is 24.8 Å². The van der Waals surface area contributed by atoms with Crippen LogP contribution in [0.4, 0.5) is 4.39 Å². The second kappa shape index (κ2) is 9.63. The van der Waals surface area contributed by atoms with E-state index in [0.29, 0.717) is 23.4 Å². The summed E-state index contributed by atoms with van der Waals surface area (Å²) in [6.07, 6.45) is 0.413. The second-order valence-electron chi connectivity index (χ2n) is 8.65. The smallest absolute Gasteiger partial charge is 0.337 e. The third-order valence-electron chi connectivity index (χ3n) is 6.36. The number of methoxy groups -OCH3 is 1. The Balaban J connectivity index is 1.77. The van der Waals surface area contributed by atoms with Crippen LogP contribution in [0.25, 0.3) is 0 Å². The number of esters is 2. The van der Waals surface area contributed by atoms with Gasteiger partial charge in [0.15, 0.2) is 5.78 Å². The molecule has 1 aliphatic heterocycles. The molecule has 0 amide bonds. The fraction of sp³-hybridized carbons (Fsp3) is 0.296. The Morgan fingerprint density at radius 3 is 2.53 bits per heavy atom. The molecule has 0 fully saturated rings. The van der Waals surface area contributed by atoms with Crippen LogP contribution in [-0.2, 0) is 30.5 Å². The predicted octanol–water partition coefficient (Wildman–Crippen LogP) is 4.18. The highest BCUT2D eigenvalue weighted by molar-refractivity contribution is 6.12. The van der Waals surface area contributed by atoms with E-state index in [1.807, 2.05) is 37.3 Å². The minimum absolute atomic E-state index is 0.0496. The van der Waals surface area contributed by atoms with Crippen molar-refractivity contribution in [3.05, 3.63) is 94.1 Å². The molecule has 0 aromatic heterocycles. The molecule has 34 heavy (non-hydrogen) atoms. The number of hydrogen-bond donors (Lipinski definition) is 1. The minimum atomic E-state index is -0.999. The lowest BCUT2D eigenvalue weighted by molar-refractivity contribution is -0.151. The summed E-state index contributed by atoms with van der Waals surface area (Å²) in [6.45, 7) is 3.59. The van der Waals surface area contributed by atoms with Gasteiger partial charge in [0.2, 0.25) is 0 Å². The maximum atomic E-state index is 14.2. The molecule has 2 aromatic rings. The predicted molar refractivity (Wildman–Crippen MR) is 123 cm³/mol. The van der Waals surface area contributed by atoms with Gasteiger partial charge in [0.25, 0.3) is 0 Å². The number of halogens is 1. The number of allylic oxidation sites excluding steroid dienone is 3. The Morgan fingerprint density at radius 2 is 1.85 bits per heavy atom. The molecule has 0 spiro atoms. The monoisotopic (exact) mass is 463 g/mol. The molecule has 6 nitrogen and oxygen atoms in total. The number of Topliss-reactive ketones (excluding diaryl/α,β-unsaturated/α-hetero) is 1. The number of dihydropyridines is 1. The summed E-state index contributed by atoms with van der Waals surface area (Å²) < 4.78 is 24.7. The van der Waals surface area contributed by atoms with Crippen LogP contribution < -0.4 is 5.32 Å². The van der Waals surface area contributed by atoms with Crippen molar-refractivity contribution >= 4 is 17.7 Å². The standard InChI is InChI=1S/C27H26FNO5/c1-15-12-20-24(25(30)21(15)26(31)33-3)23(18-10-7-11-19(28)13-18)22(16(2)29-20)27(32)34-14-17-8-5-4-6-9-17/h4-11,13,15,21,23,29H,12,14H2,1-3H3/t15-,21+,23-/m0/s1. The molecule has 2 aliphatic rings. The number of benzene rings is 2. The molecule has 2 aromatic carbocycles. The van der Waals surface area contributed by atoms with Gasteiger partial charge < -0.3 is 14.8 Å². The van der Waals surface area contributed by atoms with Gasteiger partial charge in [0, 0.05) is 22.9 Å². The summed E-state index contributed by atoms with van der Waals surface area (Å²) in [5.41, 5.74) is 2.90. The molecule has 3 atom stereocenters. The molecule has 0 saturated heterocycles. The van der Waals surface area contributed by atoms with Crippen LogP contribution >= 0.6 is 0 Å². The summed E-state index contributed by atoms with van der Waals surface area (Å²) in [5, 5.41) is 3.19. The van der Waals surface area contributed by atoms with E-state index in [1.54, 1.807) is 13.0 Å². The van der Waals surface area contributed by atoms with E-state index in [9.17, 15) is 18.8 Å². The van der Waals surface area contributed by atoms with Crippen LogP contribution in [0.15, 0.2) is 77.1 Å². The Kier molecular flexibility index (Phi) is 6.63. The van der Waals surface area contributed by atoms with Crippen molar-refractivity contribution in [2.75, 3.05) is 7.11 Å². The summed E-state index contributed by atoms with van der Waals surface area (Å²) in [7, 11) is 1.24. The van der Waals surface area contributed by atoms with E-state index in [1.165, 1.54) is 25.3 Å². The molecule has 0 radical (unpaired) electrons. The summed E-state index contributed by atoms with van der Waals surface area (Å²) in [6, 6.07) is 15.0. The first kappa shape index (κ1) is 23.4. The lowest BCUT2D eigenvalue weighted by Gasteiger charge is -2.38. The number of ketones is 1. The van der Waals surface area contributed by atoms with E-state index < -0.39 is 35.4 Å². The number of carbonyl (C=O) groups is 3. The molecule has 0 saturated carbocycles. The average Bonchev–Trinajstić information content (AvgIpc) is 2.82. The van der Waals surface area contributed by atoms with Gasteiger partial charge >= 0.3 is 11.9 Å². The topological polar surface area (TPSA) is 81.7 Å². The molecule has 4 rings (SSSR count). The van der Waals surface area contributed by atoms with E-state index in [2.05, 4.69) is 5.32 Å². The number of ether oxygens (including phenoxy) is 2. The lowest BCUT2D eigenvalue weighted by Crippen LogP contribution is -2.43. The van der Waals surface area contributed by atoms with E-state index in [-0.39, 0.29) is 23.7 Å². The van der Waals surface area contributed by atoms with Crippen LogP contribution in [0.3, 0.4) is 0 Å². The maximum absolute atomic E-state index is 14.2. The largest absolute Gasteiger partial charge is 0.468 e. The van der Waals surface area contributed by atoms with Gasteiger partial charge in [-0.2, -0.15) is 0 Å². The molecule has 1 heterocycles. The molecular formula is C27H26FNO5. The van der Waals surface area contributed by atoms with Crippen molar-refractivity contribution in [2.45, 2.75) is 32.8 Å². The molecular weight excluding hydrogens is 437 g/mol. The number of hydrogen-bond acceptors (Lipinski definition) is 6. The average molecular weight is 464 g/mol. The van der Waals surface area contributed by atoms with Crippen molar-refractivity contribution in [1.29, 1.82) is 0 Å². The normalized spacial score (nSPS) is 22.1. The zero-order valence-corrected chi connectivity index (χ0v) is 19.3. The highest BCUT2D eigenvalue weighted by Crippen LogP contribution is 2.45. The zero-order chi connectivity index (χ0) is 24.4. The quantitative estimate of drug-likeness (QED) is 0.529. The summed E-state index contributed by atoms with van der Waals surface area (Å²) in [4.78, 5) is 39.4. The Bertz CT molecular complexity index is 1200. The second-order valence-corrected chi connectivity index (χ2v) is 8.65. The fourth-order valence-electron chi connectivity index (χ4n) is 4.77. The zero-order valence-electron chi connectivity index (χ0n) is 19.3. The fourth-order valence-corrected chi connectivity index (χ4v) is 4.77. The van der Waals surface area contributed by atoms with Gasteiger partial charge in [-0.05, 0) is 42.5 Å². The third-order valence-corrected chi connectivity index (χ3v) is 6.36. The summed E-state index contributed by atoms with van der Waals surface area (Å²) in [5.74, 6) is -4.32. The van der Waals surface area contributed by atoms with Gasteiger partial charge in [0.1, 0.15) is 18.3 Å². The number of carbonyl (C=O) groups excluding carboxylic acids is 3. The van der Waals surface area contributed by atoms with Gasteiger partial charge in [-0.25, -0.2) is 9.18 Å². The third kappa shape index (κ3) is 4.38. The van der Waals surface area contributed by atoms with Crippen LogP contribution in [0.5, 0.6) is 0 Å². The van der Waals surface area contributed by atoms with Crippen molar-refractivity contribution in [2.24, 2.45) is 11.8 Å². The van der Waals surface area contributed by atoms with Crippen LogP contribution in [0, 0.1) is 17.7 Å². The van der Waals surface area contributed by atoms with Crippen LogP contribution in [0.1, 0.15) is 37.3 Å². The van der Waals surface area contributed by atoms with E-state index in [4.69, 9.17) is 9.47 Å². The first-order valence-corrected chi connectivity index (χ1v) is 11.1. The Morgan fingerprint density at radius 1 is 1.12 bits per heavy atom. The Labute approximate surface area is 197 Å². The van der Waals surface area contributed by atoms with Gasteiger partial charge in [-0.15, -0.1) is 0 Å². The minimum Gasteiger partial charge on any atom is -0.468 e. The highest BCUT2D eigenvalue weighted by Gasteiger charge is 2.47. The first-order valence-electron chi connectivity index (χ1n) is 11.1. The SMILES string of the molecule is COC(=O)[C@H]1C(=O)C2=C(C[C@@H]1C)NC(C)=C(C(=O)OCc1ccccc1)[C@@H]2c1cccc(F)c1. The van der Waals surface area contributed by atoms with Crippen molar-refractivity contribution in [3.8, 4) is 0 Å². The molecule has 0 unspecified atom stereocenters. The van der Waals surface area contributed by atoms with Gasteiger partial charge in [-0.3, -0.25) is 9.59 Å². The molecule has 7 heteroatoms. The molecule has 1 N–H and O–H groups in total. The van der Waals surface area contributed by atoms with Gasteiger partial charge in [-0.1, -0.05) is 49.4 Å². The van der Waals surface area contributed by atoms with E-state index in [0.717, 1.165) is 5.56 Å². The van der Waals surface area contributed by atoms with Crippen LogP contribution in [0.2, 0.25) is 0 Å². The lowest BCUT2D eigenvalue weighted by atomic mass is 9.69. The van der Waals surface area contributed by atoms with Gasteiger partial charge in [0.05, 0.1) is 12.7 Å². The first-order chi connectivity index (χ1) is 16.3. The molecule has 1 aliphatic carbocycles. The summed E-state index contributed by atoms with van der Waals surface area (Å²) >= 11 is 0. The number of nitrogens with one attached hydrogen (secondary N) is 1. The van der Waals surface area contributed by atoms with E-state index >= 15 is 0 Å². The molecule has 176 valence electrons. The van der Waals surface area contributed by atoms with Crippen molar-refractivity contribution < 1.29 is 28.2 Å². The highest BCUT2D eigenvalue weighted by atomic mass is 19.1. The number of rotatable bonds is 5. The van der Waals surface area contributed by atoms with Crippen molar-refractivity contribution in [1.82, 2.24) is 5.32 Å². The maximum Gasteiger partial charge on any atom is 0.337 e. The van der Waals surface area contributed by atoms with Crippen molar-refractivity contribution in [3.63, 3.8) is 0 Å².